The first-order chi connectivity index (χ1) is 11.1. The van der Waals surface area contributed by atoms with E-state index in [-0.39, 0.29) is 12.5 Å². The quantitative estimate of drug-likeness (QED) is 0.597. The Kier molecular flexibility index (Phi) is 5.87. The third-order valence-corrected chi connectivity index (χ3v) is 3.45. The number of hydrazone groups is 1. The molecule has 6 nitrogen and oxygen atoms in total. The Morgan fingerprint density at radius 2 is 1.87 bits per heavy atom. The van der Waals surface area contributed by atoms with Gasteiger partial charge in [-0.2, -0.15) is 5.10 Å². The summed E-state index contributed by atoms with van der Waals surface area (Å²) in [6.45, 7) is -0.171. The topological polar surface area (TPSA) is 93.8 Å². The van der Waals surface area contributed by atoms with Crippen LogP contribution in [0, 0.1) is 0 Å². The molecule has 0 heterocycles. The number of rotatable bonds is 6. The average Bonchev–Trinajstić information content (AvgIpc) is 2.54. The number of nitrogens with zero attached hydrogens (tertiary/aromatic N) is 1. The van der Waals surface area contributed by atoms with Gasteiger partial charge in [-0.25, -0.2) is 5.43 Å². The molecule has 0 radical (unpaired) electrons. The van der Waals surface area contributed by atoms with Gasteiger partial charge in [0.25, 0.3) is 11.8 Å². The minimum Gasteiger partial charge on any atom is -0.484 e. The highest BCUT2D eigenvalue weighted by Crippen LogP contribution is 2.15. The van der Waals surface area contributed by atoms with Crippen LogP contribution in [0.5, 0.6) is 5.75 Å². The highest BCUT2D eigenvalue weighted by atomic mass is 79.9. The number of nitrogens with one attached hydrogen (secondary N) is 1. The molecule has 0 bridgehead atoms. The van der Waals surface area contributed by atoms with Gasteiger partial charge in [0.15, 0.2) is 6.61 Å². The number of nitrogens with two attached hydrogens (primary N) is 1. The van der Waals surface area contributed by atoms with E-state index < -0.39 is 5.91 Å². The lowest BCUT2D eigenvalue weighted by atomic mass is 10.2. The van der Waals surface area contributed by atoms with Crippen LogP contribution in [0.3, 0.4) is 0 Å². The first kappa shape index (κ1) is 16.7. The number of benzene rings is 2. The van der Waals surface area contributed by atoms with Crippen LogP contribution in [0.2, 0.25) is 0 Å². The third-order valence-electron chi connectivity index (χ3n) is 2.76. The van der Waals surface area contributed by atoms with Gasteiger partial charge >= 0.3 is 0 Å². The standard InChI is InChI=1S/C16H14BrN3O3/c17-14-4-2-1-3-13(14)16(22)20-19-9-11-5-7-12(8-6-11)23-10-15(18)21/h1-9H,10H2,(H2,18,21)(H,20,22)/b19-9-. The number of carbonyl (C=O) groups excluding carboxylic acids is 2. The van der Waals surface area contributed by atoms with Gasteiger partial charge in [0, 0.05) is 4.47 Å². The molecule has 2 amide bonds. The third kappa shape index (κ3) is 5.23. The maximum absolute atomic E-state index is 11.9. The molecule has 7 heteroatoms. The van der Waals surface area contributed by atoms with Crippen molar-refractivity contribution in [2.45, 2.75) is 0 Å². The van der Waals surface area contributed by atoms with E-state index in [4.69, 9.17) is 10.5 Å². The van der Waals surface area contributed by atoms with Gasteiger partial charge < -0.3 is 10.5 Å². The monoisotopic (exact) mass is 375 g/mol. The van der Waals surface area contributed by atoms with E-state index >= 15 is 0 Å². The van der Waals surface area contributed by atoms with Gasteiger partial charge in [-0.1, -0.05) is 12.1 Å². The molecule has 2 aromatic carbocycles. The first-order valence-electron chi connectivity index (χ1n) is 6.65. The van der Waals surface area contributed by atoms with Crippen molar-refractivity contribution in [1.29, 1.82) is 0 Å². The summed E-state index contributed by atoms with van der Waals surface area (Å²) < 4.78 is 5.84. The fourth-order valence-electron chi connectivity index (χ4n) is 1.68. The molecule has 118 valence electrons. The van der Waals surface area contributed by atoms with Crippen molar-refractivity contribution in [3.05, 3.63) is 64.1 Å². The number of primary amides is 1. The number of hydrogen-bond acceptors (Lipinski definition) is 4. The maximum Gasteiger partial charge on any atom is 0.272 e. The maximum atomic E-state index is 11.9. The van der Waals surface area contributed by atoms with Crippen molar-refractivity contribution in [2.75, 3.05) is 6.61 Å². The van der Waals surface area contributed by atoms with Crippen LogP contribution in [0.25, 0.3) is 0 Å². The lowest BCUT2D eigenvalue weighted by Crippen LogP contribution is -2.20. The van der Waals surface area contributed by atoms with E-state index in [0.29, 0.717) is 15.8 Å². The second-order valence-corrected chi connectivity index (χ2v) is 5.36. The van der Waals surface area contributed by atoms with Crippen LogP contribution in [0.15, 0.2) is 58.1 Å². The van der Waals surface area contributed by atoms with Gasteiger partial charge in [0.2, 0.25) is 0 Å². The summed E-state index contributed by atoms with van der Waals surface area (Å²) in [5.74, 6) is -0.321. The number of carbonyl (C=O) groups is 2. The van der Waals surface area contributed by atoms with Crippen LogP contribution in [0.4, 0.5) is 0 Å². The highest BCUT2D eigenvalue weighted by Gasteiger charge is 2.07. The van der Waals surface area contributed by atoms with Gasteiger partial charge in [-0.05, 0) is 57.9 Å². The van der Waals surface area contributed by atoms with Crippen LogP contribution >= 0.6 is 15.9 Å². The molecule has 0 aliphatic carbocycles. The molecule has 2 rings (SSSR count). The molecule has 0 saturated carbocycles. The van der Waals surface area contributed by atoms with Crippen molar-refractivity contribution in [3.8, 4) is 5.75 Å². The minimum atomic E-state index is -0.537. The zero-order chi connectivity index (χ0) is 16.7. The second kappa shape index (κ2) is 8.09. The summed E-state index contributed by atoms with van der Waals surface area (Å²) in [4.78, 5) is 22.6. The number of hydrogen-bond donors (Lipinski definition) is 2. The Labute approximate surface area is 141 Å². The number of halogens is 1. The van der Waals surface area contributed by atoms with Gasteiger partial charge in [-0.15, -0.1) is 0 Å². The molecule has 0 aliphatic heterocycles. The predicted molar refractivity (Wildman–Crippen MR) is 90.3 cm³/mol. The summed E-state index contributed by atoms with van der Waals surface area (Å²) in [6, 6.07) is 13.9. The predicted octanol–water partition coefficient (Wildman–Crippen LogP) is 2.08. The molecule has 0 atom stereocenters. The number of amides is 2. The summed E-state index contributed by atoms with van der Waals surface area (Å²) in [7, 11) is 0. The summed E-state index contributed by atoms with van der Waals surface area (Å²) >= 11 is 3.31. The highest BCUT2D eigenvalue weighted by molar-refractivity contribution is 9.10. The Balaban J connectivity index is 1.92. The Bertz CT molecular complexity index is 730. The van der Waals surface area contributed by atoms with Gasteiger partial charge in [-0.3, -0.25) is 9.59 Å². The first-order valence-corrected chi connectivity index (χ1v) is 7.44. The van der Waals surface area contributed by atoms with Crippen LogP contribution in [-0.2, 0) is 4.79 Å². The molecule has 0 unspecified atom stereocenters. The molecule has 23 heavy (non-hydrogen) atoms. The van der Waals surface area contributed by atoms with Crippen molar-refractivity contribution >= 4 is 34.0 Å². The number of ether oxygens (including phenoxy) is 1. The Morgan fingerprint density at radius 1 is 1.17 bits per heavy atom. The second-order valence-electron chi connectivity index (χ2n) is 4.50. The normalized spacial score (nSPS) is 10.5. The fourth-order valence-corrected chi connectivity index (χ4v) is 2.14. The molecule has 3 N–H and O–H groups in total. The summed E-state index contributed by atoms with van der Waals surface area (Å²) in [6.07, 6.45) is 1.51. The smallest absolute Gasteiger partial charge is 0.272 e. The summed E-state index contributed by atoms with van der Waals surface area (Å²) in [5.41, 5.74) is 8.71. The molecule has 0 aromatic heterocycles. The van der Waals surface area contributed by atoms with Crippen LogP contribution < -0.4 is 15.9 Å². The Hall–Kier alpha value is -2.67. The fraction of sp³-hybridized carbons (Fsp3) is 0.0625. The van der Waals surface area contributed by atoms with Crippen molar-refractivity contribution in [3.63, 3.8) is 0 Å². The van der Waals surface area contributed by atoms with E-state index in [1.807, 2.05) is 6.07 Å². The molecule has 0 aliphatic rings. The van der Waals surface area contributed by atoms with Gasteiger partial charge in [0.1, 0.15) is 5.75 Å². The molecule has 0 saturated heterocycles. The average molecular weight is 376 g/mol. The van der Waals surface area contributed by atoms with E-state index in [2.05, 4.69) is 26.5 Å². The Morgan fingerprint density at radius 3 is 2.52 bits per heavy atom. The van der Waals surface area contributed by atoms with E-state index in [1.165, 1.54) is 6.21 Å². The molecule has 0 fully saturated rings. The van der Waals surface area contributed by atoms with E-state index in [0.717, 1.165) is 5.56 Å². The van der Waals surface area contributed by atoms with E-state index in [9.17, 15) is 9.59 Å². The van der Waals surface area contributed by atoms with Crippen LogP contribution in [0.1, 0.15) is 15.9 Å². The van der Waals surface area contributed by atoms with Crippen molar-refractivity contribution in [1.82, 2.24) is 5.43 Å². The van der Waals surface area contributed by atoms with Gasteiger partial charge in [0.05, 0.1) is 11.8 Å². The molecular weight excluding hydrogens is 362 g/mol. The largest absolute Gasteiger partial charge is 0.484 e. The summed E-state index contributed by atoms with van der Waals surface area (Å²) in [5, 5.41) is 3.90. The molecule has 0 spiro atoms. The lowest BCUT2D eigenvalue weighted by Gasteiger charge is -2.03. The SMILES string of the molecule is NC(=O)COc1ccc(/C=N\NC(=O)c2ccccc2Br)cc1. The zero-order valence-electron chi connectivity index (χ0n) is 12.0. The molecular formula is C16H14BrN3O3. The zero-order valence-corrected chi connectivity index (χ0v) is 13.6. The van der Waals surface area contributed by atoms with Crippen molar-refractivity contribution in [2.24, 2.45) is 10.8 Å². The van der Waals surface area contributed by atoms with Crippen molar-refractivity contribution < 1.29 is 14.3 Å². The molecule has 2 aromatic rings. The lowest BCUT2D eigenvalue weighted by molar-refractivity contribution is -0.119. The van der Waals surface area contributed by atoms with E-state index in [1.54, 1.807) is 42.5 Å². The van der Waals surface area contributed by atoms with Crippen LogP contribution in [-0.4, -0.2) is 24.6 Å². The minimum absolute atomic E-state index is 0.171.